The molecular formula is C16H26N2O2. The van der Waals surface area contributed by atoms with Crippen LogP contribution in [0.1, 0.15) is 37.6 Å². The van der Waals surface area contributed by atoms with Crippen LogP contribution >= 0.6 is 0 Å². The van der Waals surface area contributed by atoms with Crippen LogP contribution in [0.25, 0.3) is 0 Å². The molecule has 0 bridgehead atoms. The van der Waals surface area contributed by atoms with E-state index in [1.165, 1.54) is 0 Å². The zero-order chi connectivity index (χ0) is 15.1. The van der Waals surface area contributed by atoms with Crippen molar-refractivity contribution < 1.29 is 9.90 Å². The van der Waals surface area contributed by atoms with Gasteiger partial charge in [-0.1, -0.05) is 6.92 Å². The van der Waals surface area contributed by atoms with Crippen molar-refractivity contribution in [3.8, 4) is 0 Å². The van der Waals surface area contributed by atoms with Gasteiger partial charge in [-0.3, -0.25) is 4.79 Å². The fourth-order valence-electron chi connectivity index (χ4n) is 2.08. The Balaban J connectivity index is 2.51. The van der Waals surface area contributed by atoms with E-state index in [1.54, 1.807) is 6.92 Å². The van der Waals surface area contributed by atoms with Crippen molar-refractivity contribution in [3.63, 3.8) is 0 Å². The lowest BCUT2D eigenvalue weighted by molar-refractivity contribution is 0.0939. The molecule has 0 aliphatic carbocycles. The fourth-order valence-corrected chi connectivity index (χ4v) is 2.08. The number of hydrogen-bond acceptors (Lipinski definition) is 3. The van der Waals surface area contributed by atoms with Crippen LogP contribution in [0.3, 0.4) is 0 Å². The summed E-state index contributed by atoms with van der Waals surface area (Å²) in [5.41, 5.74) is 1.77. The molecule has 0 aromatic heterocycles. The third-order valence-corrected chi connectivity index (χ3v) is 3.40. The molecule has 0 spiro atoms. The molecule has 0 saturated heterocycles. The summed E-state index contributed by atoms with van der Waals surface area (Å²) >= 11 is 0. The topological polar surface area (TPSA) is 52.6 Å². The smallest absolute Gasteiger partial charge is 0.251 e. The molecule has 1 aromatic carbocycles. The summed E-state index contributed by atoms with van der Waals surface area (Å²) in [6, 6.07) is 7.60. The molecule has 0 radical (unpaired) electrons. The average molecular weight is 278 g/mol. The minimum absolute atomic E-state index is 0.0619. The second kappa shape index (κ2) is 7.90. The number of nitrogens with one attached hydrogen (secondary N) is 1. The molecule has 0 heterocycles. The first kappa shape index (κ1) is 16.5. The zero-order valence-corrected chi connectivity index (χ0v) is 12.9. The molecule has 4 nitrogen and oxygen atoms in total. The van der Waals surface area contributed by atoms with Crippen molar-refractivity contribution in [2.24, 2.45) is 5.92 Å². The van der Waals surface area contributed by atoms with Gasteiger partial charge >= 0.3 is 0 Å². The van der Waals surface area contributed by atoms with Crippen molar-refractivity contribution in [2.75, 3.05) is 25.0 Å². The van der Waals surface area contributed by atoms with Crippen molar-refractivity contribution in [3.05, 3.63) is 29.8 Å². The van der Waals surface area contributed by atoms with Gasteiger partial charge in [0, 0.05) is 31.4 Å². The van der Waals surface area contributed by atoms with E-state index in [0.717, 1.165) is 12.2 Å². The molecule has 1 aromatic rings. The first-order valence-electron chi connectivity index (χ1n) is 7.21. The summed E-state index contributed by atoms with van der Waals surface area (Å²) in [5, 5.41) is 12.2. The number of amides is 1. The van der Waals surface area contributed by atoms with Gasteiger partial charge in [-0.25, -0.2) is 0 Å². The number of anilines is 1. The number of aliphatic hydroxyl groups excluding tert-OH is 1. The van der Waals surface area contributed by atoms with E-state index >= 15 is 0 Å². The summed E-state index contributed by atoms with van der Waals surface area (Å²) in [6.45, 7) is 7.39. The number of carbonyl (C=O) groups is 1. The van der Waals surface area contributed by atoms with Gasteiger partial charge in [-0.2, -0.15) is 0 Å². The molecule has 0 saturated carbocycles. The Morgan fingerprint density at radius 2 is 1.90 bits per heavy atom. The monoisotopic (exact) mass is 278 g/mol. The van der Waals surface area contributed by atoms with Crippen LogP contribution in [0.4, 0.5) is 5.69 Å². The molecule has 20 heavy (non-hydrogen) atoms. The molecule has 1 rings (SSSR count). The molecule has 0 fully saturated rings. The Hall–Kier alpha value is -1.55. The highest BCUT2D eigenvalue weighted by Gasteiger charge is 2.10. The number of carbonyl (C=O) groups excluding carboxylic acids is 1. The van der Waals surface area contributed by atoms with Gasteiger partial charge in [0.2, 0.25) is 0 Å². The van der Waals surface area contributed by atoms with Crippen LogP contribution in [0.5, 0.6) is 0 Å². The van der Waals surface area contributed by atoms with Crippen molar-refractivity contribution in [1.82, 2.24) is 5.32 Å². The summed E-state index contributed by atoms with van der Waals surface area (Å²) in [5.74, 6) is 0.206. The first-order valence-corrected chi connectivity index (χ1v) is 7.21. The Kier molecular flexibility index (Phi) is 6.52. The number of benzene rings is 1. The fraction of sp³-hybridized carbons (Fsp3) is 0.562. The lowest BCUT2D eigenvalue weighted by Gasteiger charge is -2.17. The van der Waals surface area contributed by atoms with E-state index in [2.05, 4.69) is 17.1 Å². The minimum atomic E-state index is -0.328. The minimum Gasteiger partial charge on any atom is -0.393 e. The highest BCUT2D eigenvalue weighted by Crippen LogP contribution is 2.13. The highest BCUT2D eigenvalue weighted by molar-refractivity contribution is 5.94. The maximum atomic E-state index is 12.0. The molecular weight excluding hydrogens is 252 g/mol. The average Bonchev–Trinajstić information content (AvgIpc) is 2.43. The van der Waals surface area contributed by atoms with Crippen molar-refractivity contribution in [2.45, 2.75) is 33.3 Å². The van der Waals surface area contributed by atoms with Crippen molar-refractivity contribution >= 4 is 11.6 Å². The Bertz CT molecular complexity index is 415. The van der Waals surface area contributed by atoms with Crippen LogP contribution in [0.15, 0.2) is 24.3 Å². The van der Waals surface area contributed by atoms with Gasteiger partial charge in [0.1, 0.15) is 0 Å². The first-order chi connectivity index (χ1) is 9.43. The molecule has 2 atom stereocenters. The van der Waals surface area contributed by atoms with Crippen LogP contribution in [0, 0.1) is 5.92 Å². The largest absolute Gasteiger partial charge is 0.393 e. The molecule has 112 valence electrons. The van der Waals surface area contributed by atoms with E-state index in [9.17, 15) is 9.90 Å². The van der Waals surface area contributed by atoms with Crippen LogP contribution in [-0.4, -0.2) is 37.3 Å². The maximum Gasteiger partial charge on any atom is 0.251 e. The van der Waals surface area contributed by atoms with E-state index in [1.807, 2.05) is 38.2 Å². The maximum absolute atomic E-state index is 12.0. The van der Waals surface area contributed by atoms with E-state index in [-0.39, 0.29) is 17.9 Å². The number of aliphatic hydroxyl groups is 1. The summed E-state index contributed by atoms with van der Waals surface area (Å²) in [4.78, 5) is 14.1. The molecule has 4 heteroatoms. The van der Waals surface area contributed by atoms with E-state index in [0.29, 0.717) is 18.5 Å². The highest BCUT2D eigenvalue weighted by atomic mass is 16.3. The lowest BCUT2D eigenvalue weighted by atomic mass is 10.0. The quantitative estimate of drug-likeness (QED) is 0.804. The van der Waals surface area contributed by atoms with Gasteiger partial charge in [0.25, 0.3) is 5.91 Å². The van der Waals surface area contributed by atoms with Crippen molar-refractivity contribution in [1.29, 1.82) is 0 Å². The molecule has 2 N–H and O–H groups in total. The zero-order valence-electron chi connectivity index (χ0n) is 12.9. The van der Waals surface area contributed by atoms with Gasteiger partial charge in [-0.15, -0.1) is 0 Å². The van der Waals surface area contributed by atoms with Gasteiger partial charge in [0.05, 0.1) is 6.10 Å². The number of rotatable bonds is 7. The van der Waals surface area contributed by atoms with Gasteiger partial charge < -0.3 is 15.3 Å². The summed E-state index contributed by atoms with van der Waals surface area (Å²) in [6.07, 6.45) is 0.367. The Morgan fingerprint density at radius 3 is 2.40 bits per heavy atom. The lowest BCUT2D eigenvalue weighted by Crippen LogP contribution is -2.29. The molecule has 0 aliphatic rings. The summed E-state index contributed by atoms with van der Waals surface area (Å²) in [7, 11) is 2.02. The predicted molar refractivity (Wildman–Crippen MR) is 83.2 cm³/mol. The van der Waals surface area contributed by atoms with Crippen LogP contribution in [-0.2, 0) is 0 Å². The Labute approximate surface area is 121 Å². The van der Waals surface area contributed by atoms with E-state index < -0.39 is 0 Å². The summed E-state index contributed by atoms with van der Waals surface area (Å²) < 4.78 is 0. The van der Waals surface area contributed by atoms with Crippen LogP contribution in [0.2, 0.25) is 0 Å². The van der Waals surface area contributed by atoms with E-state index in [4.69, 9.17) is 0 Å². The third-order valence-electron chi connectivity index (χ3n) is 3.40. The number of hydrogen-bond donors (Lipinski definition) is 2. The van der Waals surface area contributed by atoms with Gasteiger partial charge in [-0.05, 0) is 50.5 Å². The third kappa shape index (κ3) is 5.21. The second-order valence-electron chi connectivity index (χ2n) is 5.46. The normalized spacial score (nSPS) is 13.7. The molecule has 0 aliphatic heterocycles. The Morgan fingerprint density at radius 1 is 1.30 bits per heavy atom. The van der Waals surface area contributed by atoms with Gasteiger partial charge in [0.15, 0.2) is 0 Å². The molecule has 2 unspecified atom stereocenters. The van der Waals surface area contributed by atoms with Crippen LogP contribution < -0.4 is 10.2 Å². The predicted octanol–water partition coefficient (Wildman–Crippen LogP) is 2.28. The SMILES string of the molecule is CCN(C)c1ccc(C(=O)NCC(C)CC(C)O)cc1. The number of nitrogens with zero attached hydrogens (tertiary/aromatic N) is 1. The second-order valence-corrected chi connectivity index (χ2v) is 5.46. The molecule has 1 amide bonds. The standard InChI is InChI=1S/C16H26N2O2/c1-5-18(4)15-8-6-14(7-9-15)16(20)17-11-12(2)10-13(3)19/h6-9,12-13,19H,5,10-11H2,1-4H3,(H,17,20).